The Morgan fingerprint density at radius 2 is 2.10 bits per heavy atom. The highest BCUT2D eigenvalue weighted by Gasteiger charge is 2.25. The second-order valence-corrected chi connectivity index (χ2v) is 5.73. The summed E-state index contributed by atoms with van der Waals surface area (Å²) in [5, 5.41) is 0. The van der Waals surface area contributed by atoms with Gasteiger partial charge in [-0.3, -0.25) is 4.79 Å². The number of benzene rings is 1. The number of carbonyl (C=O) groups is 1. The van der Waals surface area contributed by atoms with Crippen LogP contribution in [0.15, 0.2) is 18.2 Å². The van der Waals surface area contributed by atoms with Gasteiger partial charge in [0, 0.05) is 31.7 Å². The molecule has 0 bridgehead atoms. The van der Waals surface area contributed by atoms with Gasteiger partial charge in [0.15, 0.2) is 0 Å². The number of nitrogens with two attached hydrogens (primary N) is 1. The summed E-state index contributed by atoms with van der Waals surface area (Å²) in [6.45, 7) is 5.36. The van der Waals surface area contributed by atoms with Crippen molar-refractivity contribution in [2.45, 2.75) is 32.2 Å². The third-order valence-corrected chi connectivity index (χ3v) is 4.21. The number of hydrogen-bond donors (Lipinski definition) is 1. The zero-order chi connectivity index (χ0) is 15.4. The standard InChI is InChI=1S/C16H24FN3O/c1-3-8-20-9-6-13(7-10-20)19(2)16(21)12-4-5-14(17)15(18)11-12/h4-5,11,13H,3,6-10,18H2,1-2H3. The van der Waals surface area contributed by atoms with Gasteiger partial charge in [-0.05, 0) is 44.0 Å². The summed E-state index contributed by atoms with van der Waals surface area (Å²) in [4.78, 5) is 16.7. The van der Waals surface area contributed by atoms with Gasteiger partial charge in [0.2, 0.25) is 0 Å². The van der Waals surface area contributed by atoms with Crippen LogP contribution >= 0.6 is 0 Å². The monoisotopic (exact) mass is 293 g/mol. The highest BCUT2D eigenvalue weighted by molar-refractivity contribution is 5.95. The summed E-state index contributed by atoms with van der Waals surface area (Å²) in [7, 11) is 1.82. The lowest BCUT2D eigenvalue weighted by atomic mass is 10.0. The first-order chi connectivity index (χ1) is 10.0. The molecule has 1 aliphatic rings. The van der Waals surface area contributed by atoms with Gasteiger partial charge in [-0.2, -0.15) is 0 Å². The Balaban J connectivity index is 1.98. The van der Waals surface area contributed by atoms with Crippen LogP contribution in [-0.4, -0.2) is 48.4 Å². The van der Waals surface area contributed by atoms with E-state index >= 15 is 0 Å². The third kappa shape index (κ3) is 3.73. The molecule has 2 rings (SSSR count). The average molecular weight is 293 g/mol. The number of nitrogens with zero attached hydrogens (tertiary/aromatic N) is 2. The van der Waals surface area contributed by atoms with Crippen molar-refractivity contribution in [3.8, 4) is 0 Å². The number of amides is 1. The molecule has 1 saturated heterocycles. The molecule has 2 N–H and O–H groups in total. The first-order valence-corrected chi connectivity index (χ1v) is 7.57. The molecule has 5 heteroatoms. The first-order valence-electron chi connectivity index (χ1n) is 7.57. The smallest absolute Gasteiger partial charge is 0.253 e. The van der Waals surface area contributed by atoms with Gasteiger partial charge in [0.25, 0.3) is 5.91 Å². The fourth-order valence-corrected chi connectivity index (χ4v) is 2.89. The van der Waals surface area contributed by atoms with Gasteiger partial charge < -0.3 is 15.5 Å². The van der Waals surface area contributed by atoms with Crippen molar-refractivity contribution in [2.24, 2.45) is 0 Å². The summed E-state index contributed by atoms with van der Waals surface area (Å²) in [5.41, 5.74) is 6.01. The molecule has 0 atom stereocenters. The summed E-state index contributed by atoms with van der Waals surface area (Å²) >= 11 is 0. The van der Waals surface area contributed by atoms with Crippen LogP contribution in [0.5, 0.6) is 0 Å². The number of likely N-dealkylation sites (tertiary alicyclic amines) is 1. The van der Waals surface area contributed by atoms with E-state index in [1.807, 2.05) is 7.05 Å². The van der Waals surface area contributed by atoms with E-state index in [1.165, 1.54) is 18.2 Å². The lowest BCUT2D eigenvalue weighted by molar-refractivity contribution is 0.0642. The van der Waals surface area contributed by atoms with E-state index < -0.39 is 5.82 Å². The largest absolute Gasteiger partial charge is 0.396 e. The van der Waals surface area contributed by atoms with Crippen LogP contribution in [-0.2, 0) is 0 Å². The number of rotatable bonds is 4. The Morgan fingerprint density at radius 3 is 2.67 bits per heavy atom. The molecule has 1 heterocycles. The van der Waals surface area contributed by atoms with E-state index in [9.17, 15) is 9.18 Å². The van der Waals surface area contributed by atoms with Crippen LogP contribution in [0, 0.1) is 5.82 Å². The van der Waals surface area contributed by atoms with Crippen molar-refractivity contribution < 1.29 is 9.18 Å². The highest BCUT2D eigenvalue weighted by atomic mass is 19.1. The zero-order valence-electron chi connectivity index (χ0n) is 12.8. The minimum absolute atomic E-state index is 0.0204. The van der Waals surface area contributed by atoms with Crippen LogP contribution in [0.2, 0.25) is 0 Å². The minimum atomic E-state index is -0.484. The van der Waals surface area contributed by atoms with Crippen molar-refractivity contribution in [1.82, 2.24) is 9.80 Å². The molecule has 116 valence electrons. The van der Waals surface area contributed by atoms with E-state index in [-0.39, 0.29) is 17.6 Å². The Kier molecular flexibility index (Phi) is 5.17. The predicted molar refractivity (Wildman–Crippen MR) is 82.7 cm³/mol. The number of halogens is 1. The SMILES string of the molecule is CCCN1CCC(N(C)C(=O)c2ccc(F)c(N)c2)CC1. The third-order valence-electron chi connectivity index (χ3n) is 4.21. The van der Waals surface area contributed by atoms with Gasteiger partial charge >= 0.3 is 0 Å². The van der Waals surface area contributed by atoms with Crippen LogP contribution < -0.4 is 5.73 Å². The quantitative estimate of drug-likeness (QED) is 0.867. The molecule has 0 spiro atoms. The Labute approximate surface area is 125 Å². The summed E-state index contributed by atoms with van der Waals surface area (Å²) in [6.07, 6.45) is 3.13. The summed E-state index contributed by atoms with van der Waals surface area (Å²) < 4.78 is 13.2. The molecule has 0 saturated carbocycles. The van der Waals surface area contributed by atoms with E-state index in [1.54, 1.807) is 4.90 Å². The van der Waals surface area contributed by atoms with E-state index in [0.717, 1.165) is 38.9 Å². The average Bonchev–Trinajstić information content (AvgIpc) is 2.50. The van der Waals surface area contributed by atoms with Gasteiger partial charge in [-0.15, -0.1) is 0 Å². The van der Waals surface area contributed by atoms with Gasteiger partial charge in [-0.1, -0.05) is 6.92 Å². The Bertz CT molecular complexity index is 498. The molecule has 0 unspecified atom stereocenters. The number of anilines is 1. The lowest BCUT2D eigenvalue weighted by Gasteiger charge is -2.36. The second kappa shape index (κ2) is 6.89. The van der Waals surface area contributed by atoms with Crippen LogP contribution in [0.1, 0.15) is 36.5 Å². The molecule has 1 aliphatic heterocycles. The van der Waals surface area contributed by atoms with E-state index in [4.69, 9.17) is 5.73 Å². The maximum atomic E-state index is 13.2. The molecular weight excluding hydrogens is 269 g/mol. The predicted octanol–water partition coefficient (Wildman–Crippen LogP) is 2.35. The number of hydrogen-bond acceptors (Lipinski definition) is 3. The molecule has 4 nitrogen and oxygen atoms in total. The van der Waals surface area contributed by atoms with E-state index in [0.29, 0.717) is 5.56 Å². The highest BCUT2D eigenvalue weighted by Crippen LogP contribution is 2.19. The Hall–Kier alpha value is -1.62. The topological polar surface area (TPSA) is 49.6 Å². The van der Waals surface area contributed by atoms with Crippen molar-refractivity contribution in [1.29, 1.82) is 0 Å². The summed E-state index contributed by atoms with van der Waals surface area (Å²) in [5.74, 6) is -0.572. The van der Waals surface area contributed by atoms with Gasteiger partial charge in [-0.25, -0.2) is 4.39 Å². The molecule has 1 aromatic rings. The molecule has 21 heavy (non-hydrogen) atoms. The van der Waals surface area contributed by atoms with Crippen LogP contribution in [0.25, 0.3) is 0 Å². The number of nitrogen functional groups attached to an aromatic ring is 1. The van der Waals surface area contributed by atoms with Crippen molar-refractivity contribution in [2.75, 3.05) is 32.4 Å². The van der Waals surface area contributed by atoms with E-state index in [2.05, 4.69) is 11.8 Å². The molecule has 0 aromatic heterocycles. The molecule has 1 aromatic carbocycles. The second-order valence-electron chi connectivity index (χ2n) is 5.73. The normalized spacial score (nSPS) is 16.9. The molecular formula is C16H24FN3O. The maximum absolute atomic E-state index is 13.2. The Morgan fingerprint density at radius 1 is 1.43 bits per heavy atom. The minimum Gasteiger partial charge on any atom is -0.396 e. The van der Waals surface area contributed by atoms with Gasteiger partial charge in [0.05, 0.1) is 5.69 Å². The maximum Gasteiger partial charge on any atom is 0.253 e. The van der Waals surface area contributed by atoms with Gasteiger partial charge in [0.1, 0.15) is 5.82 Å². The zero-order valence-corrected chi connectivity index (χ0v) is 12.8. The molecule has 0 radical (unpaired) electrons. The molecule has 1 amide bonds. The van der Waals surface area contributed by atoms with Crippen LogP contribution in [0.4, 0.5) is 10.1 Å². The molecule has 1 fully saturated rings. The lowest BCUT2D eigenvalue weighted by Crippen LogP contribution is -2.45. The van der Waals surface area contributed by atoms with Crippen molar-refractivity contribution >= 4 is 11.6 Å². The number of carbonyl (C=O) groups excluding carboxylic acids is 1. The molecule has 0 aliphatic carbocycles. The van der Waals surface area contributed by atoms with Crippen molar-refractivity contribution in [3.05, 3.63) is 29.6 Å². The first kappa shape index (κ1) is 15.8. The summed E-state index contributed by atoms with van der Waals surface area (Å²) in [6, 6.07) is 4.41. The van der Waals surface area contributed by atoms with Crippen molar-refractivity contribution in [3.63, 3.8) is 0 Å². The van der Waals surface area contributed by atoms with Crippen LogP contribution in [0.3, 0.4) is 0 Å². The fourth-order valence-electron chi connectivity index (χ4n) is 2.89. The fraction of sp³-hybridized carbons (Fsp3) is 0.562. The number of piperidine rings is 1.